The zero-order valence-electron chi connectivity index (χ0n) is 13.4. The zero-order valence-corrected chi connectivity index (χ0v) is 13.4. The first-order chi connectivity index (χ1) is 11.6. The number of ether oxygens (including phenoxy) is 1. The number of nitrogens with zero attached hydrogens (tertiary/aromatic N) is 3. The monoisotopic (exact) mass is 330 g/mol. The summed E-state index contributed by atoms with van der Waals surface area (Å²) in [5.74, 6) is 0.210. The normalized spacial score (nSPS) is 14.1. The van der Waals surface area contributed by atoms with E-state index in [1.165, 1.54) is 6.07 Å². The molecule has 1 aliphatic heterocycles. The Morgan fingerprint density at radius 1 is 1.42 bits per heavy atom. The minimum absolute atomic E-state index is 0.0789. The molecule has 0 saturated carbocycles. The van der Waals surface area contributed by atoms with Gasteiger partial charge in [0, 0.05) is 24.3 Å². The van der Waals surface area contributed by atoms with E-state index in [9.17, 15) is 9.18 Å². The Labute approximate surface area is 139 Å². The first-order valence-electron chi connectivity index (χ1n) is 7.62. The van der Waals surface area contributed by atoms with Gasteiger partial charge in [0.2, 0.25) is 6.41 Å². The van der Waals surface area contributed by atoms with E-state index in [4.69, 9.17) is 10.5 Å². The highest BCUT2D eigenvalue weighted by Gasteiger charge is 2.22. The van der Waals surface area contributed by atoms with Crippen LogP contribution in [0.5, 0.6) is 5.75 Å². The van der Waals surface area contributed by atoms with Crippen LogP contribution in [0.15, 0.2) is 30.5 Å². The molecule has 1 aromatic heterocycles. The molecule has 2 aromatic rings. The molecule has 0 saturated heterocycles. The molecule has 0 spiro atoms. The summed E-state index contributed by atoms with van der Waals surface area (Å²) in [4.78, 5) is 19.2. The molecule has 7 heteroatoms. The molecule has 3 rings (SSSR count). The van der Waals surface area contributed by atoms with Crippen molar-refractivity contribution in [2.75, 3.05) is 30.8 Å². The number of carbonyl (C=O) groups is 1. The van der Waals surface area contributed by atoms with Crippen molar-refractivity contribution in [3.05, 3.63) is 47.5 Å². The van der Waals surface area contributed by atoms with Crippen molar-refractivity contribution in [2.24, 2.45) is 0 Å². The lowest BCUT2D eigenvalue weighted by Crippen LogP contribution is -2.30. The SMILES string of the molecule is COc1cccc2c1CN(C=O)CCN2Cc1cc(N)c(F)cn1. The van der Waals surface area contributed by atoms with Gasteiger partial charge in [-0.05, 0) is 18.2 Å². The molecule has 1 aliphatic rings. The fraction of sp³-hybridized carbons (Fsp3) is 0.294. The Kier molecular flexibility index (Phi) is 4.50. The average molecular weight is 330 g/mol. The molecule has 0 unspecified atom stereocenters. The van der Waals surface area contributed by atoms with E-state index in [1.807, 2.05) is 18.2 Å². The lowest BCUT2D eigenvalue weighted by atomic mass is 10.1. The van der Waals surface area contributed by atoms with Crippen LogP contribution in [0.1, 0.15) is 11.3 Å². The van der Waals surface area contributed by atoms with Crippen molar-refractivity contribution in [3.63, 3.8) is 0 Å². The lowest BCUT2D eigenvalue weighted by Gasteiger charge is -2.25. The maximum Gasteiger partial charge on any atom is 0.210 e. The van der Waals surface area contributed by atoms with E-state index in [2.05, 4.69) is 9.88 Å². The van der Waals surface area contributed by atoms with Gasteiger partial charge in [-0.3, -0.25) is 9.78 Å². The van der Waals surface area contributed by atoms with Crippen molar-refractivity contribution in [2.45, 2.75) is 13.1 Å². The van der Waals surface area contributed by atoms with Crippen LogP contribution in [-0.4, -0.2) is 36.5 Å². The topological polar surface area (TPSA) is 71.7 Å². The number of fused-ring (bicyclic) bond motifs is 1. The Morgan fingerprint density at radius 3 is 2.96 bits per heavy atom. The van der Waals surface area contributed by atoms with Crippen LogP contribution in [0.25, 0.3) is 0 Å². The summed E-state index contributed by atoms with van der Waals surface area (Å²) in [6.45, 7) is 2.17. The Bertz CT molecular complexity index is 753. The third-order valence-electron chi connectivity index (χ3n) is 4.13. The van der Waals surface area contributed by atoms with Crippen LogP contribution in [0.4, 0.5) is 15.8 Å². The largest absolute Gasteiger partial charge is 0.496 e. The van der Waals surface area contributed by atoms with Gasteiger partial charge in [-0.1, -0.05) is 6.07 Å². The number of anilines is 2. The van der Waals surface area contributed by atoms with Crippen molar-refractivity contribution >= 4 is 17.8 Å². The number of carbonyl (C=O) groups excluding carboxylic acids is 1. The molecule has 0 atom stereocenters. The molecule has 6 nitrogen and oxygen atoms in total. The highest BCUT2D eigenvalue weighted by atomic mass is 19.1. The minimum atomic E-state index is -0.524. The summed E-state index contributed by atoms with van der Waals surface area (Å²) in [7, 11) is 1.61. The van der Waals surface area contributed by atoms with Gasteiger partial charge in [0.05, 0.1) is 37.8 Å². The van der Waals surface area contributed by atoms with Crippen LogP contribution in [0.3, 0.4) is 0 Å². The Balaban J connectivity index is 1.96. The minimum Gasteiger partial charge on any atom is -0.496 e. The molecule has 2 N–H and O–H groups in total. The number of amides is 1. The van der Waals surface area contributed by atoms with Gasteiger partial charge in [0.1, 0.15) is 5.75 Å². The maximum atomic E-state index is 13.3. The van der Waals surface area contributed by atoms with E-state index < -0.39 is 5.82 Å². The van der Waals surface area contributed by atoms with Gasteiger partial charge in [-0.25, -0.2) is 4.39 Å². The third kappa shape index (κ3) is 3.10. The second kappa shape index (κ2) is 6.74. The number of halogens is 1. The standard InChI is InChI=1S/C17H19FN4O2/c1-24-17-4-2-3-16-13(17)10-21(11-23)5-6-22(16)9-12-7-15(19)14(18)8-20-12/h2-4,7-8,11H,5-6,9-10H2,1H3,(H2,19,20). The van der Waals surface area contributed by atoms with Gasteiger partial charge < -0.3 is 20.3 Å². The van der Waals surface area contributed by atoms with E-state index >= 15 is 0 Å². The quantitative estimate of drug-likeness (QED) is 0.866. The Hall–Kier alpha value is -2.83. The predicted octanol–water partition coefficient (Wildman–Crippen LogP) is 1.79. The molecule has 1 aromatic carbocycles. The fourth-order valence-electron chi connectivity index (χ4n) is 2.89. The van der Waals surface area contributed by atoms with E-state index in [0.717, 1.165) is 29.6 Å². The van der Waals surface area contributed by atoms with Crippen molar-refractivity contribution in [3.8, 4) is 5.75 Å². The van der Waals surface area contributed by atoms with Crippen molar-refractivity contribution in [1.29, 1.82) is 0 Å². The first-order valence-corrected chi connectivity index (χ1v) is 7.62. The Morgan fingerprint density at radius 2 is 2.25 bits per heavy atom. The summed E-state index contributed by atoms with van der Waals surface area (Å²) in [6, 6.07) is 7.31. The summed E-state index contributed by atoms with van der Waals surface area (Å²) in [5.41, 5.74) is 8.30. The number of hydrogen-bond donors (Lipinski definition) is 1. The third-order valence-corrected chi connectivity index (χ3v) is 4.13. The van der Waals surface area contributed by atoms with Gasteiger partial charge in [-0.15, -0.1) is 0 Å². The first kappa shape index (κ1) is 16.0. The van der Waals surface area contributed by atoms with Crippen LogP contribution in [0, 0.1) is 5.82 Å². The molecular weight excluding hydrogens is 311 g/mol. The molecule has 1 amide bonds. The number of benzene rings is 1. The number of nitrogen functional groups attached to an aromatic ring is 1. The van der Waals surface area contributed by atoms with Crippen LogP contribution in [-0.2, 0) is 17.9 Å². The maximum absolute atomic E-state index is 13.3. The van der Waals surface area contributed by atoms with Crippen LogP contribution < -0.4 is 15.4 Å². The molecule has 0 aliphatic carbocycles. The highest BCUT2D eigenvalue weighted by Crippen LogP contribution is 2.33. The molecule has 126 valence electrons. The summed E-state index contributed by atoms with van der Waals surface area (Å²) in [5, 5.41) is 0. The molecule has 2 heterocycles. The molecular formula is C17H19FN4O2. The molecule has 24 heavy (non-hydrogen) atoms. The van der Waals surface area contributed by atoms with Gasteiger partial charge >= 0.3 is 0 Å². The van der Waals surface area contributed by atoms with E-state index in [-0.39, 0.29) is 5.69 Å². The van der Waals surface area contributed by atoms with E-state index in [1.54, 1.807) is 12.0 Å². The summed E-state index contributed by atoms with van der Waals surface area (Å²) >= 11 is 0. The molecule has 0 radical (unpaired) electrons. The number of hydrogen-bond acceptors (Lipinski definition) is 5. The second-order valence-electron chi connectivity index (χ2n) is 5.65. The van der Waals surface area contributed by atoms with Gasteiger partial charge in [-0.2, -0.15) is 0 Å². The highest BCUT2D eigenvalue weighted by molar-refractivity contribution is 5.62. The zero-order chi connectivity index (χ0) is 17.1. The smallest absolute Gasteiger partial charge is 0.210 e. The second-order valence-corrected chi connectivity index (χ2v) is 5.65. The predicted molar refractivity (Wildman–Crippen MR) is 89.1 cm³/mol. The van der Waals surface area contributed by atoms with Gasteiger partial charge in [0.15, 0.2) is 5.82 Å². The fourth-order valence-corrected chi connectivity index (χ4v) is 2.89. The number of nitrogens with two attached hydrogens (primary N) is 1. The van der Waals surface area contributed by atoms with Crippen molar-refractivity contribution < 1.29 is 13.9 Å². The number of rotatable bonds is 4. The summed E-state index contributed by atoms with van der Waals surface area (Å²) in [6.07, 6.45) is 1.97. The number of methoxy groups -OCH3 is 1. The lowest BCUT2D eigenvalue weighted by molar-refractivity contribution is -0.118. The summed E-state index contributed by atoms with van der Waals surface area (Å²) < 4.78 is 18.8. The van der Waals surface area contributed by atoms with E-state index in [0.29, 0.717) is 31.9 Å². The number of pyridine rings is 1. The van der Waals surface area contributed by atoms with Crippen LogP contribution in [0.2, 0.25) is 0 Å². The van der Waals surface area contributed by atoms with Crippen LogP contribution >= 0.6 is 0 Å². The van der Waals surface area contributed by atoms with Gasteiger partial charge in [0.25, 0.3) is 0 Å². The molecule has 0 bridgehead atoms. The molecule has 0 fully saturated rings. The average Bonchev–Trinajstić information content (AvgIpc) is 2.77. The van der Waals surface area contributed by atoms with Crippen molar-refractivity contribution in [1.82, 2.24) is 9.88 Å². The number of aromatic nitrogens is 1.